The van der Waals surface area contributed by atoms with Crippen molar-refractivity contribution in [1.82, 2.24) is 5.32 Å². The zero-order valence-corrected chi connectivity index (χ0v) is 11.5. The van der Waals surface area contributed by atoms with Crippen LogP contribution in [0.15, 0.2) is 12.2 Å². The summed E-state index contributed by atoms with van der Waals surface area (Å²) in [4.78, 5) is 22.6. The molecule has 0 heterocycles. The second-order valence-electron chi connectivity index (χ2n) is 5.19. The van der Waals surface area contributed by atoms with Crippen LogP contribution >= 0.6 is 0 Å². The van der Waals surface area contributed by atoms with Gasteiger partial charge in [-0.05, 0) is 32.6 Å². The number of carboxylic acid groups (broad SMARTS) is 1. The molecule has 0 aliphatic heterocycles. The number of carboxylic acids is 1. The SMILES string of the molecule is C=C(C)COCCNC(=O)C1CCC(C(=O)O)CC1. The highest BCUT2D eigenvalue weighted by Crippen LogP contribution is 2.28. The third kappa shape index (κ3) is 5.87. The van der Waals surface area contributed by atoms with Crippen molar-refractivity contribution in [2.75, 3.05) is 19.8 Å². The Morgan fingerprint density at radius 3 is 2.37 bits per heavy atom. The highest BCUT2D eigenvalue weighted by molar-refractivity contribution is 5.79. The number of carbonyl (C=O) groups excluding carboxylic acids is 1. The van der Waals surface area contributed by atoms with Crippen molar-refractivity contribution < 1.29 is 19.4 Å². The summed E-state index contributed by atoms with van der Waals surface area (Å²) in [6.45, 7) is 7.09. The molecule has 5 nitrogen and oxygen atoms in total. The van der Waals surface area contributed by atoms with Gasteiger partial charge in [-0.2, -0.15) is 0 Å². The number of rotatable bonds is 7. The lowest BCUT2D eigenvalue weighted by Gasteiger charge is -2.25. The van der Waals surface area contributed by atoms with Crippen LogP contribution in [0.25, 0.3) is 0 Å². The molecule has 19 heavy (non-hydrogen) atoms. The van der Waals surface area contributed by atoms with Gasteiger partial charge in [-0.15, -0.1) is 0 Å². The minimum absolute atomic E-state index is 0.0164. The maximum absolute atomic E-state index is 11.8. The number of ether oxygens (including phenoxy) is 1. The molecule has 0 aromatic rings. The average Bonchev–Trinajstić information content (AvgIpc) is 2.37. The van der Waals surface area contributed by atoms with E-state index in [2.05, 4.69) is 11.9 Å². The van der Waals surface area contributed by atoms with Crippen LogP contribution in [0.1, 0.15) is 32.6 Å². The van der Waals surface area contributed by atoms with Gasteiger partial charge in [-0.1, -0.05) is 12.2 Å². The number of nitrogens with one attached hydrogen (secondary N) is 1. The van der Waals surface area contributed by atoms with E-state index in [0.29, 0.717) is 45.4 Å². The first-order valence-electron chi connectivity index (χ1n) is 6.73. The Labute approximate surface area is 114 Å². The van der Waals surface area contributed by atoms with E-state index in [-0.39, 0.29) is 17.7 Å². The molecule has 0 aromatic carbocycles. The second kappa shape index (κ2) is 7.94. The Hall–Kier alpha value is -1.36. The van der Waals surface area contributed by atoms with E-state index < -0.39 is 5.97 Å². The van der Waals surface area contributed by atoms with E-state index >= 15 is 0 Å². The van der Waals surface area contributed by atoms with Crippen LogP contribution in [-0.2, 0) is 14.3 Å². The molecule has 1 saturated carbocycles. The van der Waals surface area contributed by atoms with Gasteiger partial charge in [0.2, 0.25) is 5.91 Å². The van der Waals surface area contributed by atoms with Gasteiger partial charge in [-0.3, -0.25) is 9.59 Å². The molecule has 0 atom stereocenters. The summed E-state index contributed by atoms with van der Waals surface area (Å²) in [5.74, 6) is -1.05. The molecular weight excluding hydrogens is 246 g/mol. The van der Waals surface area contributed by atoms with Gasteiger partial charge < -0.3 is 15.2 Å². The lowest BCUT2D eigenvalue weighted by molar-refractivity contribution is -0.144. The van der Waals surface area contributed by atoms with E-state index in [1.165, 1.54) is 0 Å². The highest BCUT2D eigenvalue weighted by atomic mass is 16.5. The van der Waals surface area contributed by atoms with Crippen molar-refractivity contribution in [2.45, 2.75) is 32.6 Å². The molecule has 1 aliphatic carbocycles. The Kier molecular flexibility index (Phi) is 6.56. The molecule has 1 aliphatic rings. The first-order chi connectivity index (χ1) is 9.00. The molecule has 0 saturated heterocycles. The first-order valence-corrected chi connectivity index (χ1v) is 6.73. The van der Waals surface area contributed by atoms with Crippen molar-refractivity contribution in [3.8, 4) is 0 Å². The van der Waals surface area contributed by atoms with Gasteiger partial charge in [0.05, 0.1) is 19.1 Å². The first kappa shape index (κ1) is 15.7. The summed E-state index contributed by atoms with van der Waals surface area (Å²) in [7, 11) is 0. The van der Waals surface area contributed by atoms with Crippen LogP contribution in [0.3, 0.4) is 0 Å². The molecule has 108 valence electrons. The Balaban J connectivity index is 2.14. The molecule has 5 heteroatoms. The number of hydrogen-bond donors (Lipinski definition) is 2. The Bertz CT molecular complexity index is 332. The van der Waals surface area contributed by atoms with E-state index in [4.69, 9.17) is 9.84 Å². The van der Waals surface area contributed by atoms with E-state index in [9.17, 15) is 9.59 Å². The number of amides is 1. The molecule has 1 rings (SSSR count). The van der Waals surface area contributed by atoms with Crippen molar-refractivity contribution >= 4 is 11.9 Å². The van der Waals surface area contributed by atoms with Crippen LogP contribution in [0, 0.1) is 11.8 Å². The summed E-state index contributed by atoms with van der Waals surface area (Å²) in [5, 5.41) is 11.7. The maximum atomic E-state index is 11.8. The third-order valence-corrected chi connectivity index (χ3v) is 3.34. The zero-order chi connectivity index (χ0) is 14.3. The molecule has 0 radical (unpaired) electrons. The molecule has 1 fully saturated rings. The molecule has 0 unspecified atom stereocenters. The van der Waals surface area contributed by atoms with Gasteiger partial charge in [-0.25, -0.2) is 0 Å². The summed E-state index contributed by atoms with van der Waals surface area (Å²) in [5.41, 5.74) is 0.957. The standard InChI is InChI=1S/C14H23NO4/c1-10(2)9-19-8-7-15-13(16)11-3-5-12(6-4-11)14(17)18/h11-12H,1,3-9H2,2H3,(H,15,16)(H,17,18). The fourth-order valence-electron chi connectivity index (χ4n) is 2.24. The number of carbonyl (C=O) groups is 2. The molecule has 1 amide bonds. The van der Waals surface area contributed by atoms with Crippen LogP contribution < -0.4 is 5.32 Å². The Morgan fingerprint density at radius 1 is 1.26 bits per heavy atom. The predicted octanol–water partition coefficient (Wildman–Crippen LogP) is 1.59. The minimum atomic E-state index is -0.743. The van der Waals surface area contributed by atoms with E-state index in [1.54, 1.807) is 0 Å². The summed E-state index contributed by atoms with van der Waals surface area (Å²) < 4.78 is 5.29. The van der Waals surface area contributed by atoms with Crippen LogP contribution in [0.5, 0.6) is 0 Å². The largest absolute Gasteiger partial charge is 0.481 e. The summed E-state index contributed by atoms with van der Waals surface area (Å²) in [6.07, 6.45) is 2.52. The predicted molar refractivity (Wildman–Crippen MR) is 71.7 cm³/mol. The molecule has 0 spiro atoms. The van der Waals surface area contributed by atoms with E-state index in [1.807, 2.05) is 6.92 Å². The van der Waals surface area contributed by atoms with Gasteiger partial charge in [0.25, 0.3) is 0 Å². The van der Waals surface area contributed by atoms with Crippen molar-refractivity contribution in [3.05, 3.63) is 12.2 Å². The van der Waals surface area contributed by atoms with Gasteiger partial charge in [0, 0.05) is 12.5 Å². The van der Waals surface area contributed by atoms with Crippen LogP contribution in [-0.4, -0.2) is 36.7 Å². The maximum Gasteiger partial charge on any atom is 0.306 e. The number of hydrogen-bond acceptors (Lipinski definition) is 3. The summed E-state index contributed by atoms with van der Waals surface area (Å²) >= 11 is 0. The van der Waals surface area contributed by atoms with Gasteiger partial charge >= 0.3 is 5.97 Å². The molecule has 0 aromatic heterocycles. The molecule has 2 N–H and O–H groups in total. The topological polar surface area (TPSA) is 75.6 Å². The van der Waals surface area contributed by atoms with Crippen molar-refractivity contribution in [1.29, 1.82) is 0 Å². The average molecular weight is 269 g/mol. The number of aliphatic carboxylic acids is 1. The molecule has 0 bridgehead atoms. The quantitative estimate of drug-likeness (QED) is 0.543. The lowest BCUT2D eigenvalue weighted by atomic mass is 9.81. The monoisotopic (exact) mass is 269 g/mol. The summed E-state index contributed by atoms with van der Waals surface area (Å²) in [6, 6.07) is 0. The Morgan fingerprint density at radius 2 is 1.84 bits per heavy atom. The normalized spacial score (nSPS) is 22.8. The van der Waals surface area contributed by atoms with Crippen molar-refractivity contribution in [2.24, 2.45) is 11.8 Å². The minimum Gasteiger partial charge on any atom is -0.481 e. The third-order valence-electron chi connectivity index (χ3n) is 3.34. The fraction of sp³-hybridized carbons (Fsp3) is 0.714. The van der Waals surface area contributed by atoms with Gasteiger partial charge in [0.1, 0.15) is 0 Å². The molecular formula is C14H23NO4. The van der Waals surface area contributed by atoms with Gasteiger partial charge in [0.15, 0.2) is 0 Å². The lowest BCUT2D eigenvalue weighted by Crippen LogP contribution is -2.36. The zero-order valence-electron chi connectivity index (χ0n) is 11.5. The van der Waals surface area contributed by atoms with Crippen molar-refractivity contribution in [3.63, 3.8) is 0 Å². The highest BCUT2D eigenvalue weighted by Gasteiger charge is 2.29. The second-order valence-corrected chi connectivity index (χ2v) is 5.19. The van der Waals surface area contributed by atoms with Crippen LogP contribution in [0.4, 0.5) is 0 Å². The van der Waals surface area contributed by atoms with Crippen LogP contribution in [0.2, 0.25) is 0 Å². The smallest absolute Gasteiger partial charge is 0.306 e. The fourth-order valence-corrected chi connectivity index (χ4v) is 2.24. The van der Waals surface area contributed by atoms with E-state index in [0.717, 1.165) is 5.57 Å².